The van der Waals surface area contributed by atoms with Crippen molar-refractivity contribution in [2.45, 2.75) is 19.4 Å². The first-order chi connectivity index (χ1) is 12.6. The van der Waals surface area contributed by atoms with E-state index < -0.39 is 0 Å². The number of amides is 1. The van der Waals surface area contributed by atoms with Gasteiger partial charge < -0.3 is 9.64 Å². The number of benzene rings is 1. The van der Waals surface area contributed by atoms with Crippen LogP contribution in [0.15, 0.2) is 47.2 Å². The van der Waals surface area contributed by atoms with Crippen LogP contribution in [0, 0.1) is 6.92 Å². The van der Waals surface area contributed by atoms with E-state index in [4.69, 9.17) is 16.3 Å². The number of hydrogen-bond acceptors (Lipinski definition) is 4. The number of thiophene rings is 2. The van der Waals surface area contributed by atoms with Gasteiger partial charge in [0.05, 0.1) is 11.1 Å². The number of fused-ring (bicyclic) bond motifs is 1. The van der Waals surface area contributed by atoms with Crippen molar-refractivity contribution in [3.63, 3.8) is 0 Å². The van der Waals surface area contributed by atoms with Crippen molar-refractivity contribution in [3.05, 3.63) is 73.1 Å². The zero-order chi connectivity index (χ0) is 18.1. The van der Waals surface area contributed by atoms with E-state index in [2.05, 4.69) is 22.9 Å². The number of halogens is 1. The van der Waals surface area contributed by atoms with Crippen LogP contribution in [-0.2, 0) is 11.2 Å². The summed E-state index contributed by atoms with van der Waals surface area (Å²) in [6, 6.07) is 11.8. The fourth-order valence-corrected chi connectivity index (χ4v) is 5.21. The molecule has 1 amide bonds. The molecule has 3 heterocycles. The zero-order valence-electron chi connectivity index (χ0n) is 14.3. The molecule has 0 fully saturated rings. The average Bonchev–Trinajstić information content (AvgIpc) is 3.32. The number of carbonyl (C=O) groups excluding carboxylic acids is 1. The molecule has 0 spiro atoms. The van der Waals surface area contributed by atoms with Gasteiger partial charge in [0, 0.05) is 16.3 Å². The first-order valence-electron chi connectivity index (χ1n) is 8.41. The maximum Gasteiger partial charge on any atom is 0.261 e. The van der Waals surface area contributed by atoms with E-state index in [1.165, 1.54) is 15.3 Å². The lowest BCUT2D eigenvalue weighted by molar-refractivity contribution is -0.135. The highest BCUT2D eigenvalue weighted by molar-refractivity contribution is 7.10. The number of aryl methyl sites for hydroxylation is 1. The van der Waals surface area contributed by atoms with Crippen LogP contribution in [0.2, 0.25) is 5.02 Å². The Morgan fingerprint density at radius 1 is 1.27 bits per heavy atom. The lowest BCUT2D eigenvalue weighted by Gasteiger charge is -2.35. The van der Waals surface area contributed by atoms with Gasteiger partial charge in [0.25, 0.3) is 5.91 Å². The third kappa shape index (κ3) is 3.39. The van der Waals surface area contributed by atoms with E-state index in [0.29, 0.717) is 17.3 Å². The summed E-state index contributed by atoms with van der Waals surface area (Å²) in [5.41, 5.74) is 2.29. The van der Waals surface area contributed by atoms with Gasteiger partial charge >= 0.3 is 0 Å². The minimum Gasteiger partial charge on any atom is -0.482 e. The first kappa shape index (κ1) is 17.6. The molecule has 134 valence electrons. The molecule has 1 aromatic carbocycles. The van der Waals surface area contributed by atoms with Crippen molar-refractivity contribution in [2.75, 3.05) is 13.2 Å². The van der Waals surface area contributed by atoms with Crippen molar-refractivity contribution in [1.82, 2.24) is 4.90 Å². The van der Waals surface area contributed by atoms with Gasteiger partial charge in [-0.05, 0) is 59.5 Å². The predicted octanol–water partition coefficient (Wildman–Crippen LogP) is 5.32. The van der Waals surface area contributed by atoms with Crippen molar-refractivity contribution in [1.29, 1.82) is 0 Å². The molecule has 0 aliphatic carbocycles. The molecule has 4 rings (SSSR count). The SMILES string of the molecule is Cc1ccc(Cl)c(OCC(=O)N2CCc3sccc3[C@@H]2c2cccs2)c1. The fourth-order valence-electron chi connectivity index (χ4n) is 3.28. The van der Waals surface area contributed by atoms with Gasteiger partial charge in [-0.2, -0.15) is 0 Å². The molecule has 0 saturated carbocycles. The van der Waals surface area contributed by atoms with E-state index in [9.17, 15) is 4.79 Å². The topological polar surface area (TPSA) is 29.5 Å². The van der Waals surface area contributed by atoms with Crippen LogP contribution >= 0.6 is 34.3 Å². The summed E-state index contributed by atoms with van der Waals surface area (Å²) in [7, 11) is 0. The molecule has 3 aromatic rings. The summed E-state index contributed by atoms with van der Waals surface area (Å²) in [4.78, 5) is 17.5. The molecule has 1 atom stereocenters. The number of ether oxygens (including phenoxy) is 1. The lowest BCUT2D eigenvalue weighted by Crippen LogP contribution is -2.42. The summed E-state index contributed by atoms with van der Waals surface area (Å²) in [6.07, 6.45) is 0.895. The van der Waals surface area contributed by atoms with Gasteiger partial charge in [-0.3, -0.25) is 4.79 Å². The fraction of sp³-hybridized carbons (Fsp3) is 0.250. The Bertz CT molecular complexity index is 920. The third-order valence-electron chi connectivity index (χ3n) is 4.54. The molecule has 3 nitrogen and oxygen atoms in total. The van der Waals surface area contributed by atoms with Gasteiger partial charge in [-0.1, -0.05) is 23.7 Å². The monoisotopic (exact) mass is 403 g/mol. The highest BCUT2D eigenvalue weighted by Crippen LogP contribution is 2.39. The Morgan fingerprint density at radius 2 is 2.15 bits per heavy atom. The Morgan fingerprint density at radius 3 is 2.96 bits per heavy atom. The largest absolute Gasteiger partial charge is 0.482 e. The van der Waals surface area contributed by atoms with Crippen molar-refractivity contribution in [2.24, 2.45) is 0 Å². The summed E-state index contributed by atoms with van der Waals surface area (Å²) in [5, 5.41) is 4.70. The van der Waals surface area contributed by atoms with Crippen LogP contribution in [0.3, 0.4) is 0 Å². The number of carbonyl (C=O) groups is 1. The summed E-state index contributed by atoms with van der Waals surface area (Å²) >= 11 is 9.64. The van der Waals surface area contributed by atoms with E-state index in [1.54, 1.807) is 28.7 Å². The van der Waals surface area contributed by atoms with Crippen molar-refractivity contribution < 1.29 is 9.53 Å². The van der Waals surface area contributed by atoms with Gasteiger partial charge in [0.15, 0.2) is 6.61 Å². The second kappa shape index (κ2) is 7.43. The normalized spacial score (nSPS) is 16.4. The number of nitrogens with zero attached hydrogens (tertiary/aromatic N) is 1. The molecule has 2 aromatic heterocycles. The van der Waals surface area contributed by atoms with Crippen LogP contribution in [0.4, 0.5) is 0 Å². The Kier molecular flexibility index (Phi) is 5.02. The van der Waals surface area contributed by atoms with Gasteiger partial charge in [-0.25, -0.2) is 0 Å². The van der Waals surface area contributed by atoms with Crippen LogP contribution in [0.1, 0.15) is 26.9 Å². The molecule has 0 N–H and O–H groups in total. The van der Waals surface area contributed by atoms with Crippen LogP contribution < -0.4 is 4.74 Å². The Labute approximate surface area is 165 Å². The number of hydrogen-bond donors (Lipinski definition) is 0. The minimum absolute atomic E-state index is 0.00941. The molecule has 6 heteroatoms. The minimum atomic E-state index is -0.0194. The molecule has 0 radical (unpaired) electrons. The highest BCUT2D eigenvalue weighted by atomic mass is 35.5. The van der Waals surface area contributed by atoms with Gasteiger partial charge in [0.2, 0.25) is 0 Å². The zero-order valence-corrected chi connectivity index (χ0v) is 16.7. The molecular formula is C20H18ClNO2S2. The van der Waals surface area contributed by atoms with Crippen LogP contribution in [0.5, 0.6) is 5.75 Å². The Hall–Kier alpha value is -1.82. The van der Waals surface area contributed by atoms with E-state index in [1.807, 2.05) is 30.0 Å². The average molecular weight is 404 g/mol. The maximum atomic E-state index is 13.0. The molecule has 1 aliphatic heterocycles. The first-order valence-corrected chi connectivity index (χ1v) is 10.6. The lowest BCUT2D eigenvalue weighted by atomic mass is 9.98. The predicted molar refractivity (Wildman–Crippen MR) is 108 cm³/mol. The quantitative estimate of drug-likeness (QED) is 0.589. The molecule has 0 unspecified atom stereocenters. The van der Waals surface area contributed by atoms with Gasteiger partial charge in [0.1, 0.15) is 5.75 Å². The molecule has 1 aliphatic rings. The summed E-state index contributed by atoms with van der Waals surface area (Å²) < 4.78 is 5.75. The van der Waals surface area contributed by atoms with Crippen LogP contribution in [-0.4, -0.2) is 24.0 Å². The maximum absolute atomic E-state index is 13.0. The third-order valence-corrected chi connectivity index (χ3v) is 6.77. The summed E-state index contributed by atoms with van der Waals surface area (Å²) in [6.45, 7) is 2.67. The van der Waals surface area contributed by atoms with Crippen molar-refractivity contribution in [3.8, 4) is 5.75 Å². The smallest absolute Gasteiger partial charge is 0.261 e. The van der Waals surface area contributed by atoms with E-state index >= 15 is 0 Å². The second-order valence-electron chi connectivity index (χ2n) is 6.28. The number of rotatable bonds is 4. The molecule has 0 saturated heterocycles. The molecular weight excluding hydrogens is 386 g/mol. The van der Waals surface area contributed by atoms with E-state index in [-0.39, 0.29) is 18.6 Å². The van der Waals surface area contributed by atoms with Crippen molar-refractivity contribution >= 4 is 40.2 Å². The standard InChI is InChI=1S/C20H18ClNO2S2/c1-13-4-5-15(21)16(11-13)24-12-19(23)22-8-6-17-14(7-10-26-17)20(22)18-3-2-9-25-18/h2-5,7,9-11,20H,6,8,12H2,1H3/t20-/m1/s1. The molecule has 0 bridgehead atoms. The van der Waals surface area contributed by atoms with E-state index in [0.717, 1.165) is 12.0 Å². The highest BCUT2D eigenvalue weighted by Gasteiger charge is 2.33. The van der Waals surface area contributed by atoms with Crippen LogP contribution in [0.25, 0.3) is 0 Å². The van der Waals surface area contributed by atoms with Gasteiger partial charge in [-0.15, -0.1) is 22.7 Å². The summed E-state index contributed by atoms with van der Waals surface area (Å²) in [5.74, 6) is 0.541. The second-order valence-corrected chi connectivity index (χ2v) is 8.66. The molecule has 26 heavy (non-hydrogen) atoms. The Balaban J connectivity index is 1.56.